The van der Waals surface area contributed by atoms with Gasteiger partial charge in [-0.1, -0.05) is 0 Å². The molecule has 0 bridgehead atoms. The third-order valence-electron chi connectivity index (χ3n) is 1.48. The fourth-order valence-corrected chi connectivity index (χ4v) is 0.840. The van der Waals surface area contributed by atoms with Crippen LogP contribution in [0.15, 0.2) is 6.07 Å². The summed E-state index contributed by atoms with van der Waals surface area (Å²) in [5.41, 5.74) is -2.71. The molecule has 0 atom stereocenters. The lowest BCUT2D eigenvalue weighted by molar-refractivity contribution is -0.256. The number of nitrogens with zero attached hydrogens (tertiary/aromatic N) is 2. The molecule has 0 aromatic carbocycles. The first kappa shape index (κ1) is 11.2. The summed E-state index contributed by atoms with van der Waals surface area (Å²) in [6.45, 7) is 0. The van der Waals surface area contributed by atoms with Gasteiger partial charge in [0, 0.05) is 6.07 Å². The highest BCUT2D eigenvalue weighted by atomic mass is 19.4. The minimum absolute atomic E-state index is 0.424. The Balaban J connectivity index is 3.36. The summed E-state index contributed by atoms with van der Waals surface area (Å²) in [6.07, 6.45) is -4.85. The van der Waals surface area contributed by atoms with E-state index in [2.05, 4.69) is 14.9 Å². The summed E-state index contributed by atoms with van der Waals surface area (Å²) in [4.78, 5) is 10.3. The molecule has 0 aliphatic carbocycles. The summed E-state index contributed by atoms with van der Waals surface area (Å²) in [5, 5.41) is 16.3. The van der Waals surface area contributed by atoms with Gasteiger partial charge in [-0.15, -0.1) is 10.2 Å². The van der Waals surface area contributed by atoms with Gasteiger partial charge in [-0.3, -0.25) is 0 Å². The second-order valence-corrected chi connectivity index (χ2v) is 2.43. The minimum Gasteiger partial charge on any atom is -0.543 e. The maximum absolute atomic E-state index is 12.3. The van der Waals surface area contributed by atoms with Gasteiger partial charge in [-0.2, -0.15) is 13.2 Å². The molecule has 0 aliphatic rings. The van der Waals surface area contributed by atoms with Crippen LogP contribution in [0.3, 0.4) is 0 Å². The van der Waals surface area contributed by atoms with E-state index >= 15 is 0 Å². The van der Waals surface area contributed by atoms with Crippen molar-refractivity contribution >= 4 is 5.97 Å². The van der Waals surface area contributed by atoms with Crippen molar-refractivity contribution in [3.8, 4) is 5.88 Å². The number of ether oxygens (including phenoxy) is 1. The molecule has 0 spiro atoms. The Morgan fingerprint density at radius 1 is 1.47 bits per heavy atom. The van der Waals surface area contributed by atoms with Crippen LogP contribution < -0.4 is 9.84 Å². The van der Waals surface area contributed by atoms with Crippen molar-refractivity contribution in [1.29, 1.82) is 0 Å². The van der Waals surface area contributed by atoms with E-state index in [0.717, 1.165) is 7.11 Å². The molecule has 0 aliphatic heterocycles. The molecule has 0 radical (unpaired) electrons. The van der Waals surface area contributed by atoms with E-state index in [-0.39, 0.29) is 0 Å². The number of carboxylic acid groups (broad SMARTS) is 1. The van der Waals surface area contributed by atoms with Crippen LogP contribution in [0.25, 0.3) is 0 Å². The van der Waals surface area contributed by atoms with Crippen LogP contribution >= 0.6 is 0 Å². The first-order valence-electron chi connectivity index (χ1n) is 3.56. The molecule has 1 aromatic rings. The third-order valence-corrected chi connectivity index (χ3v) is 1.48. The van der Waals surface area contributed by atoms with Crippen molar-refractivity contribution in [3.63, 3.8) is 0 Å². The first-order chi connectivity index (χ1) is 6.86. The first-order valence-corrected chi connectivity index (χ1v) is 3.56. The van der Waals surface area contributed by atoms with Gasteiger partial charge in [0.2, 0.25) is 5.88 Å². The standard InChI is InChI=1S/C7H5F3N2O3/c1-15-4-2-3(7(8,9)10)5(6(13)14)12-11-4/h2H,1H3,(H,13,14)/p-1. The number of aromatic nitrogens is 2. The Labute approximate surface area is 81.5 Å². The maximum atomic E-state index is 12.3. The van der Waals surface area contributed by atoms with Gasteiger partial charge in [0.15, 0.2) is 0 Å². The Hall–Kier alpha value is -1.86. The van der Waals surface area contributed by atoms with Crippen molar-refractivity contribution in [2.45, 2.75) is 6.18 Å². The fourth-order valence-electron chi connectivity index (χ4n) is 0.840. The summed E-state index contributed by atoms with van der Waals surface area (Å²) in [6, 6.07) is 0.443. The predicted molar refractivity (Wildman–Crippen MR) is 37.9 cm³/mol. The number of carbonyl (C=O) groups excluding carboxylic acids is 1. The average Bonchev–Trinajstić information content (AvgIpc) is 2.15. The van der Waals surface area contributed by atoms with E-state index in [1.807, 2.05) is 0 Å². The molecule has 1 aromatic heterocycles. The number of aromatic carboxylic acids is 1. The molecule has 0 fully saturated rings. The van der Waals surface area contributed by atoms with E-state index in [4.69, 9.17) is 0 Å². The van der Waals surface area contributed by atoms with Crippen LogP contribution in [0, 0.1) is 0 Å². The molecule has 0 saturated heterocycles. The molecular formula is C7H4F3N2O3-. The Bertz CT molecular complexity index is 392. The van der Waals surface area contributed by atoms with Gasteiger partial charge in [0.25, 0.3) is 0 Å². The average molecular weight is 221 g/mol. The molecule has 82 valence electrons. The van der Waals surface area contributed by atoms with Gasteiger partial charge in [-0.25, -0.2) is 0 Å². The quantitative estimate of drug-likeness (QED) is 0.695. The van der Waals surface area contributed by atoms with Gasteiger partial charge in [-0.05, 0) is 0 Å². The lowest BCUT2D eigenvalue weighted by Crippen LogP contribution is -2.28. The van der Waals surface area contributed by atoms with Crippen molar-refractivity contribution in [2.24, 2.45) is 0 Å². The number of alkyl halides is 3. The molecular weight excluding hydrogens is 217 g/mol. The van der Waals surface area contributed by atoms with Gasteiger partial charge in [0.1, 0.15) is 5.69 Å². The van der Waals surface area contributed by atoms with Crippen LogP contribution in [-0.4, -0.2) is 23.3 Å². The normalized spacial score (nSPS) is 11.2. The lowest BCUT2D eigenvalue weighted by Gasteiger charge is -2.12. The van der Waals surface area contributed by atoms with E-state index in [9.17, 15) is 23.1 Å². The fraction of sp³-hybridized carbons (Fsp3) is 0.286. The highest BCUT2D eigenvalue weighted by Gasteiger charge is 2.35. The summed E-state index contributed by atoms with van der Waals surface area (Å²) < 4.78 is 41.3. The predicted octanol–water partition coefficient (Wildman–Crippen LogP) is -0.133. The summed E-state index contributed by atoms with van der Waals surface area (Å²) in [7, 11) is 1.09. The van der Waals surface area contributed by atoms with E-state index < -0.39 is 29.3 Å². The second kappa shape index (κ2) is 3.71. The van der Waals surface area contributed by atoms with Gasteiger partial charge >= 0.3 is 6.18 Å². The molecule has 0 unspecified atom stereocenters. The number of hydrogen-bond donors (Lipinski definition) is 0. The zero-order chi connectivity index (χ0) is 11.6. The van der Waals surface area contributed by atoms with Crippen LogP contribution in [0.1, 0.15) is 16.1 Å². The molecule has 15 heavy (non-hydrogen) atoms. The molecule has 1 heterocycles. The van der Waals surface area contributed by atoms with Crippen LogP contribution in [0.4, 0.5) is 13.2 Å². The number of carboxylic acids is 1. The number of rotatable bonds is 2. The van der Waals surface area contributed by atoms with E-state index in [0.29, 0.717) is 6.07 Å². The highest BCUT2D eigenvalue weighted by molar-refractivity contribution is 5.85. The molecule has 1 rings (SSSR count). The third kappa shape index (κ3) is 2.33. The van der Waals surface area contributed by atoms with Crippen LogP contribution in [0.5, 0.6) is 5.88 Å². The number of hydrogen-bond acceptors (Lipinski definition) is 5. The Kier molecular flexibility index (Phi) is 2.78. The second-order valence-electron chi connectivity index (χ2n) is 2.43. The molecule has 0 N–H and O–H groups in total. The number of carbonyl (C=O) groups is 1. The SMILES string of the molecule is COc1cc(C(F)(F)F)c(C(=O)[O-])nn1. The Morgan fingerprint density at radius 3 is 2.47 bits per heavy atom. The highest BCUT2D eigenvalue weighted by Crippen LogP contribution is 2.32. The number of methoxy groups -OCH3 is 1. The zero-order valence-corrected chi connectivity index (χ0v) is 7.33. The van der Waals surface area contributed by atoms with Gasteiger partial charge < -0.3 is 14.6 Å². The largest absolute Gasteiger partial charge is 0.543 e. The van der Waals surface area contributed by atoms with Crippen LogP contribution in [-0.2, 0) is 6.18 Å². The van der Waals surface area contributed by atoms with Crippen molar-refractivity contribution in [1.82, 2.24) is 10.2 Å². The number of halogens is 3. The summed E-state index contributed by atoms with van der Waals surface area (Å²) in [5.74, 6) is -2.47. The zero-order valence-electron chi connectivity index (χ0n) is 7.33. The van der Waals surface area contributed by atoms with E-state index in [1.165, 1.54) is 0 Å². The van der Waals surface area contributed by atoms with Crippen molar-refractivity contribution in [3.05, 3.63) is 17.3 Å². The molecule has 0 amide bonds. The maximum Gasteiger partial charge on any atom is 0.418 e. The molecule has 5 nitrogen and oxygen atoms in total. The van der Waals surface area contributed by atoms with Crippen LogP contribution in [0.2, 0.25) is 0 Å². The topological polar surface area (TPSA) is 75.1 Å². The smallest absolute Gasteiger partial charge is 0.418 e. The summed E-state index contributed by atoms with van der Waals surface area (Å²) >= 11 is 0. The van der Waals surface area contributed by atoms with Gasteiger partial charge in [0.05, 0.1) is 18.6 Å². The van der Waals surface area contributed by atoms with Crippen molar-refractivity contribution < 1.29 is 27.8 Å². The monoisotopic (exact) mass is 221 g/mol. The molecule has 8 heteroatoms. The minimum atomic E-state index is -4.85. The van der Waals surface area contributed by atoms with Crippen molar-refractivity contribution in [2.75, 3.05) is 7.11 Å². The Morgan fingerprint density at radius 2 is 2.07 bits per heavy atom. The molecule has 0 saturated carbocycles. The lowest BCUT2D eigenvalue weighted by atomic mass is 10.2. The van der Waals surface area contributed by atoms with E-state index in [1.54, 1.807) is 0 Å².